The van der Waals surface area contributed by atoms with Gasteiger partial charge in [-0.15, -0.1) is 0 Å². The van der Waals surface area contributed by atoms with Gasteiger partial charge in [0.25, 0.3) is 0 Å². The highest BCUT2D eigenvalue weighted by molar-refractivity contribution is 5.76. The lowest BCUT2D eigenvalue weighted by molar-refractivity contribution is -0.122. The Morgan fingerprint density at radius 1 is 1.44 bits per heavy atom. The molecule has 130 valence electrons. The molecule has 0 aliphatic carbocycles. The van der Waals surface area contributed by atoms with Crippen LogP contribution in [0.25, 0.3) is 11.6 Å². The number of hydrogen-bond acceptors (Lipinski definition) is 6. The standard InChI is InChI=1S/C17H19N5O3/c1-11-9-22-10-12(4-5-14(22)18-11)19-15(23)6-7-16-20-17(21-25-16)13-3-2-8-24-13/h2-3,8-9,12H,4-7,10H2,1H3,(H,19,23). The van der Waals surface area contributed by atoms with Gasteiger partial charge in [0.05, 0.1) is 12.0 Å². The highest BCUT2D eigenvalue weighted by Gasteiger charge is 2.21. The molecule has 3 aromatic heterocycles. The maximum Gasteiger partial charge on any atom is 0.238 e. The number of aryl methyl sites for hydroxylation is 3. The second-order valence-electron chi connectivity index (χ2n) is 6.24. The fourth-order valence-corrected chi connectivity index (χ4v) is 3.09. The third-order valence-electron chi connectivity index (χ3n) is 4.25. The molecular formula is C17H19N5O3. The Balaban J connectivity index is 1.28. The van der Waals surface area contributed by atoms with Gasteiger partial charge in [-0.25, -0.2) is 4.98 Å². The van der Waals surface area contributed by atoms with E-state index in [9.17, 15) is 4.79 Å². The van der Waals surface area contributed by atoms with E-state index < -0.39 is 0 Å². The molecule has 8 nitrogen and oxygen atoms in total. The van der Waals surface area contributed by atoms with Crippen molar-refractivity contribution in [2.75, 3.05) is 0 Å². The van der Waals surface area contributed by atoms with Crippen molar-refractivity contribution in [3.8, 4) is 11.6 Å². The Bertz CT molecular complexity index is 865. The normalized spacial score (nSPS) is 16.6. The van der Waals surface area contributed by atoms with E-state index in [2.05, 4.69) is 25.0 Å². The van der Waals surface area contributed by atoms with Crippen LogP contribution in [0.15, 0.2) is 33.5 Å². The summed E-state index contributed by atoms with van der Waals surface area (Å²) in [6.45, 7) is 2.76. The lowest BCUT2D eigenvalue weighted by atomic mass is 10.1. The summed E-state index contributed by atoms with van der Waals surface area (Å²) in [6, 6.07) is 3.65. The van der Waals surface area contributed by atoms with E-state index in [0.717, 1.165) is 30.9 Å². The third-order valence-corrected chi connectivity index (χ3v) is 4.25. The molecule has 1 N–H and O–H groups in total. The minimum absolute atomic E-state index is 0.0111. The van der Waals surface area contributed by atoms with Crippen LogP contribution in [0.5, 0.6) is 0 Å². The molecule has 0 fully saturated rings. The Morgan fingerprint density at radius 3 is 3.20 bits per heavy atom. The summed E-state index contributed by atoms with van der Waals surface area (Å²) in [5.41, 5.74) is 1.02. The lowest BCUT2D eigenvalue weighted by Crippen LogP contribution is -2.41. The van der Waals surface area contributed by atoms with Gasteiger partial charge in [0.1, 0.15) is 5.82 Å². The van der Waals surface area contributed by atoms with Crippen molar-refractivity contribution < 1.29 is 13.7 Å². The number of aromatic nitrogens is 4. The van der Waals surface area contributed by atoms with Gasteiger partial charge in [-0.05, 0) is 25.5 Å². The van der Waals surface area contributed by atoms with Gasteiger partial charge >= 0.3 is 0 Å². The number of hydrogen-bond donors (Lipinski definition) is 1. The van der Waals surface area contributed by atoms with Crippen molar-refractivity contribution in [3.63, 3.8) is 0 Å². The Morgan fingerprint density at radius 2 is 2.36 bits per heavy atom. The first-order chi connectivity index (χ1) is 12.2. The number of fused-ring (bicyclic) bond motifs is 1. The molecule has 8 heteroatoms. The summed E-state index contributed by atoms with van der Waals surface area (Å²) >= 11 is 0. The van der Waals surface area contributed by atoms with Gasteiger partial charge in [0, 0.05) is 38.0 Å². The molecule has 1 amide bonds. The summed E-state index contributed by atoms with van der Waals surface area (Å²) in [5.74, 6) is 2.46. The zero-order chi connectivity index (χ0) is 17.2. The topological polar surface area (TPSA) is 99.0 Å². The van der Waals surface area contributed by atoms with E-state index in [4.69, 9.17) is 8.94 Å². The van der Waals surface area contributed by atoms with Crippen LogP contribution in [-0.2, 0) is 24.2 Å². The number of carbonyl (C=O) groups excluding carboxylic acids is 1. The maximum atomic E-state index is 12.2. The second-order valence-corrected chi connectivity index (χ2v) is 6.24. The van der Waals surface area contributed by atoms with Crippen molar-refractivity contribution in [2.45, 2.75) is 45.2 Å². The van der Waals surface area contributed by atoms with Crippen molar-refractivity contribution in [1.82, 2.24) is 25.0 Å². The van der Waals surface area contributed by atoms with Crippen LogP contribution in [0.4, 0.5) is 0 Å². The zero-order valence-corrected chi connectivity index (χ0v) is 13.9. The van der Waals surface area contributed by atoms with Crippen LogP contribution in [0, 0.1) is 6.92 Å². The highest BCUT2D eigenvalue weighted by Crippen LogP contribution is 2.17. The second kappa shape index (κ2) is 6.54. The minimum Gasteiger partial charge on any atom is -0.461 e. The van der Waals surface area contributed by atoms with Crippen molar-refractivity contribution in [2.24, 2.45) is 0 Å². The number of nitrogens with zero attached hydrogens (tertiary/aromatic N) is 4. The molecule has 0 spiro atoms. The fourth-order valence-electron chi connectivity index (χ4n) is 3.09. The van der Waals surface area contributed by atoms with Crippen LogP contribution in [-0.4, -0.2) is 31.6 Å². The van der Waals surface area contributed by atoms with E-state index in [-0.39, 0.29) is 11.9 Å². The summed E-state index contributed by atoms with van der Waals surface area (Å²) in [4.78, 5) is 20.9. The Kier molecular flexibility index (Phi) is 4.09. The van der Waals surface area contributed by atoms with Gasteiger partial charge in [0.2, 0.25) is 17.6 Å². The summed E-state index contributed by atoms with van der Waals surface area (Å²) in [5, 5.41) is 6.94. The molecule has 0 saturated carbocycles. The van der Waals surface area contributed by atoms with E-state index in [1.54, 1.807) is 18.4 Å². The zero-order valence-electron chi connectivity index (χ0n) is 13.9. The van der Waals surface area contributed by atoms with Crippen LogP contribution in [0.1, 0.15) is 30.3 Å². The molecule has 0 radical (unpaired) electrons. The maximum absolute atomic E-state index is 12.2. The fraction of sp³-hybridized carbons (Fsp3) is 0.412. The minimum atomic E-state index is -0.0111. The number of imidazole rings is 1. The first-order valence-electron chi connectivity index (χ1n) is 8.36. The number of amides is 1. The molecular weight excluding hydrogens is 322 g/mol. The summed E-state index contributed by atoms with van der Waals surface area (Å²) in [6.07, 6.45) is 6.09. The van der Waals surface area contributed by atoms with Crippen LogP contribution in [0.2, 0.25) is 0 Å². The lowest BCUT2D eigenvalue weighted by Gasteiger charge is -2.24. The van der Waals surface area contributed by atoms with Crippen molar-refractivity contribution in [3.05, 3.63) is 42.0 Å². The van der Waals surface area contributed by atoms with Crippen molar-refractivity contribution >= 4 is 5.91 Å². The predicted molar refractivity (Wildman–Crippen MR) is 87.5 cm³/mol. The number of carbonyl (C=O) groups is 1. The first kappa shape index (κ1) is 15.6. The average Bonchev–Trinajstić information content (AvgIpc) is 3.32. The monoisotopic (exact) mass is 341 g/mol. The van der Waals surface area contributed by atoms with Crippen LogP contribution < -0.4 is 5.32 Å². The highest BCUT2D eigenvalue weighted by atomic mass is 16.5. The smallest absolute Gasteiger partial charge is 0.238 e. The molecule has 3 aromatic rings. The van der Waals surface area contributed by atoms with Crippen molar-refractivity contribution in [1.29, 1.82) is 0 Å². The predicted octanol–water partition coefficient (Wildman–Crippen LogP) is 1.90. The Labute approximate surface area is 144 Å². The quantitative estimate of drug-likeness (QED) is 0.761. The molecule has 25 heavy (non-hydrogen) atoms. The molecule has 4 heterocycles. The SMILES string of the molecule is Cc1cn2c(n1)CCC(NC(=O)CCc1nc(-c3ccco3)no1)C2. The largest absolute Gasteiger partial charge is 0.461 e. The molecule has 4 rings (SSSR count). The Hall–Kier alpha value is -2.90. The molecule has 1 aliphatic heterocycles. The van der Waals surface area contributed by atoms with Gasteiger partial charge < -0.3 is 18.8 Å². The summed E-state index contributed by atoms with van der Waals surface area (Å²) < 4.78 is 12.5. The van der Waals surface area contributed by atoms with Gasteiger partial charge in [0.15, 0.2) is 5.76 Å². The summed E-state index contributed by atoms with van der Waals surface area (Å²) in [7, 11) is 0. The van der Waals surface area contributed by atoms with E-state index in [1.165, 1.54) is 0 Å². The molecule has 1 unspecified atom stereocenters. The molecule has 1 aliphatic rings. The third kappa shape index (κ3) is 3.47. The molecule has 0 saturated heterocycles. The van der Waals surface area contributed by atoms with Gasteiger partial charge in [-0.3, -0.25) is 4.79 Å². The molecule has 1 atom stereocenters. The van der Waals surface area contributed by atoms with Crippen LogP contribution in [0.3, 0.4) is 0 Å². The average molecular weight is 341 g/mol. The van der Waals surface area contributed by atoms with Gasteiger partial charge in [-0.1, -0.05) is 5.16 Å². The van der Waals surface area contributed by atoms with E-state index in [1.807, 2.05) is 13.1 Å². The number of rotatable bonds is 5. The van der Waals surface area contributed by atoms with E-state index >= 15 is 0 Å². The van der Waals surface area contributed by atoms with Crippen LogP contribution >= 0.6 is 0 Å². The number of furan rings is 1. The first-order valence-corrected chi connectivity index (χ1v) is 8.36. The molecule has 0 aromatic carbocycles. The molecule has 0 bridgehead atoms. The number of nitrogens with one attached hydrogen (secondary N) is 1. The van der Waals surface area contributed by atoms with Gasteiger partial charge in [-0.2, -0.15) is 4.98 Å². The van der Waals surface area contributed by atoms with E-state index in [0.29, 0.717) is 30.3 Å².